The Bertz CT molecular complexity index is 433. The number of rotatable bonds is 2. The summed E-state index contributed by atoms with van der Waals surface area (Å²) < 4.78 is 33.6. The zero-order valence-electron chi connectivity index (χ0n) is 6.95. The van der Waals surface area contributed by atoms with Crippen LogP contribution in [0.2, 0.25) is 0 Å². The fraction of sp³-hybridized carbons (Fsp3) is 0.571. The van der Waals surface area contributed by atoms with Crippen molar-refractivity contribution in [3.63, 3.8) is 0 Å². The smallest absolute Gasteiger partial charge is 0.245 e. The Morgan fingerprint density at radius 2 is 2.15 bits per heavy atom. The molecule has 6 heteroatoms. The third kappa shape index (κ3) is 1.73. The van der Waals surface area contributed by atoms with Crippen molar-refractivity contribution in [2.75, 3.05) is 0 Å². The Labute approximate surface area is 79.8 Å². The molecule has 0 aliphatic heterocycles. The van der Waals surface area contributed by atoms with Gasteiger partial charge < -0.3 is 0 Å². The summed E-state index contributed by atoms with van der Waals surface area (Å²) >= 11 is 0.963. The number of halogens is 1. The average molecular weight is 221 g/mol. The maximum absolute atomic E-state index is 12.6. The average Bonchev–Trinajstić information content (AvgIpc) is 2.73. The van der Waals surface area contributed by atoms with Crippen molar-refractivity contribution in [3.05, 3.63) is 10.7 Å². The van der Waals surface area contributed by atoms with Crippen LogP contribution < -0.4 is 0 Å². The maximum atomic E-state index is 12.6. The number of thiazole rings is 1. The minimum atomic E-state index is -4.56. The lowest BCUT2D eigenvalue weighted by molar-refractivity contribution is 0.553. The van der Waals surface area contributed by atoms with E-state index >= 15 is 0 Å². The second-order valence-electron chi connectivity index (χ2n) is 3.14. The Morgan fingerprint density at radius 3 is 2.54 bits per heavy atom. The second kappa shape index (κ2) is 2.75. The van der Waals surface area contributed by atoms with E-state index in [9.17, 15) is 12.3 Å². The first-order valence-electron chi connectivity index (χ1n) is 3.90. The van der Waals surface area contributed by atoms with Crippen LogP contribution in [0.25, 0.3) is 0 Å². The molecule has 1 aliphatic carbocycles. The molecular formula is C7H8FNO2S2. The molecule has 0 radical (unpaired) electrons. The third-order valence-corrected chi connectivity index (χ3v) is 4.62. The van der Waals surface area contributed by atoms with Gasteiger partial charge in [0.1, 0.15) is 0 Å². The SMILES string of the molecule is Cc1nc(C2CC2)sc1S(=O)(=O)F. The molecule has 0 amide bonds. The lowest BCUT2D eigenvalue weighted by Crippen LogP contribution is -1.90. The zero-order valence-corrected chi connectivity index (χ0v) is 8.58. The van der Waals surface area contributed by atoms with E-state index in [4.69, 9.17) is 0 Å². The van der Waals surface area contributed by atoms with Gasteiger partial charge in [-0.25, -0.2) is 4.98 Å². The zero-order chi connectivity index (χ0) is 9.64. The number of aromatic nitrogens is 1. The van der Waals surface area contributed by atoms with E-state index in [2.05, 4.69) is 4.98 Å². The predicted octanol–water partition coefficient (Wildman–Crippen LogP) is 1.99. The van der Waals surface area contributed by atoms with Gasteiger partial charge in [-0.1, -0.05) is 3.89 Å². The molecule has 2 rings (SSSR count). The van der Waals surface area contributed by atoms with E-state index in [1.807, 2.05) is 0 Å². The van der Waals surface area contributed by atoms with E-state index in [0.717, 1.165) is 29.2 Å². The molecule has 0 atom stereocenters. The minimum absolute atomic E-state index is 0.227. The molecule has 3 nitrogen and oxygen atoms in total. The fourth-order valence-corrected chi connectivity index (χ4v) is 3.15. The van der Waals surface area contributed by atoms with Gasteiger partial charge in [0.25, 0.3) is 0 Å². The van der Waals surface area contributed by atoms with Crippen molar-refractivity contribution in [2.45, 2.75) is 29.9 Å². The normalized spacial score (nSPS) is 17.7. The highest BCUT2D eigenvalue weighted by molar-refractivity contribution is 7.88. The highest BCUT2D eigenvalue weighted by atomic mass is 32.3. The predicted molar refractivity (Wildman–Crippen MR) is 47.1 cm³/mol. The minimum Gasteiger partial charge on any atom is -0.245 e. The van der Waals surface area contributed by atoms with Crippen LogP contribution in [0.5, 0.6) is 0 Å². The Kier molecular flexibility index (Phi) is 1.92. The molecule has 72 valence electrons. The summed E-state index contributed by atoms with van der Waals surface area (Å²) in [7, 11) is -4.56. The van der Waals surface area contributed by atoms with Gasteiger partial charge in [0.15, 0.2) is 4.21 Å². The van der Waals surface area contributed by atoms with Crippen LogP contribution in [0.3, 0.4) is 0 Å². The first kappa shape index (κ1) is 9.08. The quantitative estimate of drug-likeness (QED) is 0.717. The van der Waals surface area contributed by atoms with Crippen molar-refractivity contribution in [2.24, 2.45) is 0 Å². The van der Waals surface area contributed by atoms with Gasteiger partial charge >= 0.3 is 10.2 Å². The molecule has 0 aromatic carbocycles. The van der Waals surface area contributed by atoms with E-state index < -0.39 is 10.2 Å². The van der Waals surface area contributed by atoms with E-state index in [1.54, 1.807) is 0 Å². The maximum Gasteiger partial charge on any atom is 0.343 e. The van der Waals surface area contributed by atoms with E-state index in [0.29, 0.717) is 5.92 Å². The first-order valence-corrected chi connectivity index (χ1v) is 6.10. The molecule has 0 saturated heterocycles. The van der Waals surface area contributed by atoms with Gasteiger partial charge in [-0.05, 0) is 19.8 Å². The van der Waals surface area contributed by atoms with Crippen molar-refractivity contribution < 1.29 is 12.3 Å². The number of nitrogens with zero attached hydrogens (tertiary/aromatic N) is 1. The summed E-state index contributed by atoms with van der Waals surface area (Å²) in [5, 5.41) is 0.758. The molecule has 13 heavy (non-hydrogen) atoms. The summed E-state index contributed by atoms with van der Waals surface area (Å²) in [5.41, 5.74) is 0.286. The van der Waals surface area contributed by atoms with Crippen molar-refractivity contribution in [1.82, 2.24) is 4.98 Å². The van der Waals surface area contributed by atoms with Crippen LogP contribution in [0.1, 0.15) is 29.5 Å². The largest absolute Gasteiger partial charge is 0.343 e. The molecule has 1 aromatic heterocycles. The number of aryl methyl sites for hydroxylation is 1. The van der Waals surface area contributed by atoms with Gasteiger partial charge in [-0.2, -0.15) is 8.42 Å². The summed E-state index contributed by atoms with van der Waals surface area (Å²) in [4.78, 5) is 4.04. The standard InChI is InChI=1S/C7H8FNO2S2/c1-4-7(13(8,10)11)12-6(9-4)5-2-3-5/h5H,2-3H2,1H3. The van der Waals surface area contributed by atoms with Gasteiger partial charge in [0, 0.05) is 5.92 Å². The molecule has 0 spiro atoms. The van der Waals surface area contributed by atoms with Crippen LogP contribution in [-0.2, 0) is 10.2 Å². The summed E-state index contributed by atoms with van der Waals surface area (Å²) in [6.45, 7) is 1.52. The Morgan fingerprint density at radius 1 is 1.54 bits per heavy atom. The first-order chi connectivity index (χ1) is 5.98. The summed E-state index contributed by atoms with van der Waals surface area (Å²) in [5.74, 6) is 0.374. The molecule has 1 saturated carbocycles. The Hall–Kier alpha value is -0.490. The second-order valence-corrected chi connectivity index (χ2v) is 5.71. The molecule has 1 aliphatic rings. The highest BCUT2D eigenvalue weighted by Gasteiger charge is 2.30. The fourth-order valence-electron chi connectivity index (χ4n) is 1.13. The monoisotopic (exact) mass is 221 g/mol. The summed E-state index contributed by atoms with van der Waals surface area (Å²) in [6, 6.07) is 0. The van der Waals surface area contributed by atoms with Gasteiger partial charge in [0.2, 0.25) is 0 Å². The number of hydrogen-bond acceptors (Lipinski definition) is 4. The van der Waals surface area contributed by atoms with Crippen LogP contribution >= 0.6 is 11.3 Å². The lowest BCUT2D eigenvalue weighted by atomic mass is 10.4. The summed E-state index contributed by atoms with van der Waals surface area (Å²) in [6.07, 6.45) is 2.08. The topological polar surface area (TPSA) is 47.0 Å². The van der Waals surface area contributed by atoms with Crippen molar-refractivity contribution in [3.8, 4) is 0 Å². The molecule has 0 N–H and O–H groups in total. The molecular weight excluding hydrogens is 213 g/mol. The van der Waals surface area contributed by atoms with E-state index in [1.165, 1.54) is 6.92 Å². The van der Waals surface area contributed by atoms with Gasteiger partial charge in [0.05, 0.1) is 10.7 Å². The highest BCUT2D eigenvalue weighted by Crippen LogP contribution is 2.43. The van der Waals surface area contributed by atoms with Gasteiger partial charge in [-0.15, -0.1) is 11.3 Å². The van der Waals surface area contributed by atoms with E-state index in [-0.39, 0.29) is 9.90 Å². The molecule has 0 unspecified atom stereocenters. The van der Waals surface area contributed by atoms with Crippen LogP contribution in [-0.4, -0.2) is 13.4 Å². The molecule has 0 bridgehead atoms. The van der Waals surface area contributed by atoms with Crippen molar-refractivity contribution in [1.29, 1.82) is 0 Å². The molecule has 1 aromatic rings. The lowest BCUT2D eigenvalue weighted by Gasteiger charge is -1.86. The van der Waals surface area contributed by atoms with Crippen molar-refractivity contribution >= 4 is 21.6 Å². The molecule has 1 fully saturated rings. The van der Waals surface area contributed by atoms with Gasteiger partial charge in [-0.3, -0.25) is 0 Å². The Balaban J connectivity index is 2.47. The number of hydrogen-bond donors (Lipinski definition) is 0. The third-order valence-electron chi connectivity index (χ3n) is 1.92. The van der Waals surface area contributed by atoms with Crippen LogP contribution in [0, 0.1) is 6.92 Å². The molecule has 1 heterocycles. The van der Waals surface area contributed by atoms with Crippen LogP contribution in [0.15, 0.2) is 4.21 Å². The van der Waals surface area contributed by atoms with Crippen LogP contribution in [0.4, 0.5) is 3.89 Å².